The standard InChI is InChI=1S/C34H35N3O5/c38-31(39)28-18-23-14-15-30(28)37(23)32(40)34(16-17-36(21-34)19-22-8-2-1-3-9-22)35-33(41)42-20-29-26-12-6-4-10-24(26)25-11-5-7-13-27(25)29/h1-13,23,28-30H,14-21H2,(H,35,41)(H,38,39)/t23-,28+,30+,34?/m1/s1. The van der Waals surface area contributed by atoms with E-state index in [2.05, 4.69) is 46.6 Å². The van der Waals surface area contributed by atoms with Crippen molar-refractivity contribution in [3.8, 4) is 11.1 Å². The largest absolute Gasteiger partial charge is 0.481 e. The molecule has 2 amide bonds. The van der Waals surface area contributed by atoms with E-state index in [9.17, 15) is 19.5 Å². The summed E-state index contributed by atoms with van der Waals surface area (Å²) >= 11 is 0. The first-order chi connectivity index (χ1) is 20.4. The van der Waals surface area contributed by atoms with Gasteiger partial charge in [0, 0.05) is 37.6 Å². The maximum Gasteiger partial charge on any atom is 0.408 e. The van der Waals surface area contributed by atoms with Crippen LogP contribution in [-0.4, -0.2) is 70.2 Å². The summed E-state index contributed by atoms with van der Waals surface area (Å²) < 4.78 is 5.89. The lowest BCUT2D eigenvalue weighted by Gasteiger charge is -2.35. The molecular formula is C34H35N3O5. The van der Waals surface area contributed by atoms with Crippen molar-refractivity contribution in [3.63, 3.8) is 0 Å². The second-order valence-corrected chi connectivity index (χ2v) is 12.2. The minimum absolute atomic E-state index is 0.0845. The number of amides is 2. The van der Waals surface area contributed by atoms with Gasteiger partial charge < -0.3 is 20.1 Å². The molecule has 3 heterocycles. The van der Waals surface area contributed by atoms with Gasteiger partial charge in [0.2, 0.25) is 5.91 Å². The third kappa shape index (κ3) is 4.54. The van der Waals surface area contributed by atoms with Crippen molar-refractivity contribution in [1.29, 1.82) is 0 Å². The average Bonchev–Trinajstić information content (AvgIpc) is 3.77. The number of carbonyl (C=O) groups is 3. The van der Waals surface area contributed by atoms with Gasteiger partial charge in [0.15, 0.2) is 0 Å². The molecule has 7 rings (SSSR count). The lowest BCUT2D eigenvalue weighted by molar-refractivity contribution is -0.144. The summed E-state index contributed by atoms with van der Waals surface area (Å²) in [5.41, 5.74) is 4.51. The maximum atomic E-state index is 14.4. The van der Waals surface area contributed by atoms with E-state index in [0.717, 1.165) is 34.2 Å². The first kappa shape index (κ1) is 26.7. The van der Waals surface area contributed by atoms with Gasteiger partial charge in [0.25, 0.3) is 0 Å². The smallest absolute Gasteiger partial charge is 0.408 e. The van der Waals surface area contributed by atoms with Crippen LogP contribution in [0.4, 0.5) is 4.79 Å². The van der Waals surface area contributed by atoms with Gasteiger partial charge in [-0.2, -0.15) is 0 Å². The van der Waals surface area contributed by atoms with Gasteiger partial charge in [-0.15, -0.1) is 0 Å². The van der Waals surface area contributed by atoms with Crippen molar-refractivity contribution < 1.29 is 24.2 Å². The molecule has 1 aliphatic carbocycles. The Morgan fingerprint density at radius 3 is 2.24 bits per heavy atom. The normalized spacial score (nSPS) is 26.2. The summed E-state index contributed by atoms with van der Waals surface area (Å²) in [6.07, 6.45) is 1.78. The van der Waals surface area contributed by atoms with E-state index in [1.54, 1.807) is 4.90 Å². The zero-order chi connectivity index (χ0) is 28.8. The molecule has 2 bridgehead atoms. The number of likely N-dealkylation sites (tertiary alicyclic amines) is 1. The molecule has 3 saturated heterocycles. The fourth-order valence-corrected chi connectivity index (χ4v) is 7.84. The third-order valence-corrected chi connectivity index (χ3v) is 9.78. The Morgan fingerprint density at radius 1 is 0.905 bits per heavy atom. The van der Waals surface area contributed by atoms with Crippen molar-refractivity contribution in [1.82, 2.24) is 15.1 Å². The first-order valence-corrected chi connectivity index (χ1v) is 14.9. The number of fused-ring (bicyclic) bond motifs is 5. The Kier molecular flexibility index (Phi) is 6.73. The molecule has 4 aliphatic rings. The van der Waals surface area contributed by atoms with Crippen LogP contribution in [0.15, 0.2) is 78.9 Å². The van der Waals surface area contributed by atoms with Crippen molar-refractivity contribution in [2.75, 3.05) is 19.7 Å². The number of carboxylic acids is 1. The molecule has 3 aromatic rings. The molecule has 0 radical (unpaired) electrons. The van der Waals surface area contributed by atoms with Crippen molar-refractivity contribution in [2.45, 2.75) is 55.8 Å². The Hall–Kier alpha value is -4.17. The number of rotatable bonds is 7. The molecule has 3 fully saturated rings. The van der Waals surface area contributed by atoms with Crippen LogP contribution in [-0.2, 0) is 20.9 Å². The Balaban J connectivity index is 1.11. The van der Waals surface area contributed by atoms with Crippen LogP contribution in [0, 0.1) is 5.92 Å². The molecule has 0 spiro atoms. The summed E-state index contributed by atoms with van der Waals surface area (Å²) in [5.74, 6) is -1.67. The summed E-state index contributed by atoms with van der Waals surface area (Å²) in [5, 5.41) is 12.8. The highest BCUT2D eigenvalue weighted by Gasteiger charge is 2.57. The molecule has 2 N–H and O–H groups in total. The highest BCUT2D eigenvalue weighted by Crippen LogP contribution is 2.45. The second-order valence-electron chi connectivity index (χ2n) is 12.2. The monoisotopic (exact) mass is 565 g/mol. The van der Waals surface area contributed by atoms with Crippen LogP contribution in [0.1, 0.15) is 48.3 Å². The van der Waals surface area contributed by atoms with Crippen molar-refractivity contribution in [2.24, 2.45) is 5.92 Å². The van der Waals surface area contributed by atoms with E-state index in [0.29, 0.717) is 38.9 Å². The Morgan fingerprint density at radius 2 is 1.57 bits per heavy atom. The van der Waals surface area contributed by atoms with Crippen LogP contribution in [0.25, 0.3) is 11.1 Å². The lowest BCUT2D eigenvalue weighted by atomic mass is 9.89. The molecular weight excluding hydrogens is 530 g/mol. The number of nitrogens with zero attached hydrogens (tertiary/aromatic N) is 2. The summed E-state index contributed by atoms with van der Waals surface area (Å²) in [6.45, 7) is 1.80. The quantitative estimate of drug-likeness (QED) is 0.433. The van der Waals surface area contributed by atoms with Gasteiger partial charge in [-0.05, 0) is 53.5 Å². The molecule has 3 aliphatic heterocycles. The summed E-state index contributed by atoms with van der Waals surface area (Å²) in [4.78, 5) is 43.8. The molecule has 1 unspecified atom stereocenters. The van der Waals surface area contributed by atoms with Gasteiger partial charge in [-0.25, -0.2) is 4.79 Å². The SMILES string of the molecule is O=C(NC1(C(=O)N2[C@@H]3CC[C@H]2[C@@H](C(=O)O)C3)CCN(Cc2ccccc2)C1)OCC1c2ccccc2-c2ccccc21. The summed E-state index contributed by atoms with van der Waals surface area (Å²) in [7, 11) is 0. The predicted octanol–water partition coefficient (Wildman–Crippen LogP) is 4.63. The molecule has 0 aromatic heterocycles. The molecule has 0 saturated carbocycles. The molecule has 8 nitrogen and oxygen atoms in total. The van der Waals surface area contributed by atoms with Crippen LogP contribution in [0.2, 0.25) is 0 Å². The Bertz CT molecular complexity index is 1480. The fourth-order valence-electron chi connectivity index (χ4n) is 7.84. The number of hydrogen-bond acceptors (Lipinski definition) is 5. The minimum atomic E-state index is -1.18. The molecule has 216 valence electrons. The zero-order valence-electron chi connectivity index (χ0n) is 23.4. The highest BCUT2D eigenvalue weighted by atomic mass is 16.5. The predicted molar refractivity (Wildman–Crippen MR) is 157 cm³/mol. The topological polar surface area (TPSA) is 99.2 Å². The third-order valence-electron chi connectivity index (χ3n) is 9.78. The Labute approximate surface area is 245 Å². The second kappa shape index (κ2) is 10.6. The van der Waals surface area contributed by atoms with Gasteiger partial charge >= 0.3 is 12.1 Å². The first-order valence-electron chi connectivity index (χ1n) is 14.9. The fraction of sp³-hybridized carbons (Fsp3) is 0.382. The number of nitrogens with one attached hydrogen (secondary N) is 1. The number of benzene rings is 3. The number of ether oxygens (including phenoxy) is 1. The average molecular weight is 566 g/mol. The van der Waals surface area contributed by atoms with Crippen LogP contribution < -0.4 is 5.32 Å². The number of aliphatic carboxylic acids is 1. The lowest BCUT2D eigenvalue weighted by Crippen LogP contribution is -2.62. The highest BCUT2D eigenvalue weighted by molar-refractivity contribution is 5.92. The number of alkyl carbamates (subject to hydrolysis) is 1. The number of carboxylic acid groups (broad SMARTS) is 1. The van der Waals surface area contributed by atoms with Crippen molar-refractivity contribution in [3.05, 3.63) is 95.6 Å². The summed E-state index contributed by atoms with van der Waals surface area (Å²) in [6, 6.07) is 26.0. The van der Waals surface area contributed by atoms with Crippen molar-refractivity contribution >= 4 is 18.0 Å². The van der Waals surface area contributed by atoms with Gasteiger partial charge in [0.05, 0.1) is 5.92 Å². The maximum absolute atomic E-state index is 14.4. The van der Waals surface area contributed by atoms with Gasteiger partial charge in [0.1, 0.15) is 12.1 Å². The molecule has 4 atom stereocenters. The molecule has 42 heavy (non-hydrogen) atoms. The van der Waals surface area contributed by atoms with Gasteiger partial charge in [-0.1, -0.05) is 78.9 Å². The van der Waals surface area contributed by atoms with Crippen LogP contribution in [0.5, 0.6) is 0 Å². The minimum Gasteiger partial charge on any atom is -0.481 e. The molecule has 8 heteroatoms. The number of hydrogen-bond donors (Lipinski definition) is 2. The van der Waals surface area contributed by atoms with E-state index >= 15 is 0 Å². The van der Waals surface area contributed by atoms with E-state index in [4.69, 9.17) is 4.74 Å². The van der Waals surface area contributed by atoms with E-state index in [1.807, 2.05) is 42.5 Å². The van der Waals surface area contributed by atoms with E-state index in [-0.39, 0.29) is 30.5 Å². The number of carbonyl (C=O) groups excluding carboxylic acids is 2. The van der Waals surface area contributed by atoms with Crippen LogP contribution in [0.3, 0.4) is 0 Å². The van der Waals surface area contributed by atoms with E-state index < -0.39 is 23.5 Å². The van der Waals surface area contributed by atoms with E-state index in [1.165, 1.54) is 0 Å². The van der Waals surface area contributed by atoms with Gasteiger partial charge in [-0.3, -0.25) is 14.5 Å². The molecule has 3 aromatic carbocycles. The van der Waals surface area contributed by atoms with Crippen LogP contribution >= 0.6 is 0 Å². The zero-order valence-corrected chi connectivity index (χ0v) is 23.4.